The van der Waals surface area contributed by atoms with Crippen molar-refractivity contribution in [3.05, 3.63) is 36.1 Å². The molecule has 6 nitrogen and oxygen atoms in total. The molecule has 0 atom stereocenters. The van der Waals surface area contributed by atoms with E-state index < -0.39 is 0 Å². The van der Waals surface area contributed by atoms with Gasteiger partial charge in [0, 0.05) is 32.7 Å². The van der Waals surface area contributed by atoms with Gasteiger partial charge in [0.15, 0.2) is 5.96 Å². The summed E-state index contributed by atoms with van der Waals surface area (Å²) in [6, 6.07) is 10.0. The zero-order chi connectivity index (χ0) is 16.3. The SMILES string of the molecule is CN=C(NCCCOCCOC)NCc1cc2ccccc2o1.I. The lowest BCUT2D eigenvalue weighted by atomic mass is 10.2. The van der Waals surface area contributed by atoms with Gasteiger partial charge >= 0.3 is 0 Å². The highest BCUT2D eigenvalue weighted by molar-refractivity contribution is 14.0. The number of benzene rings is 1. The van der Waals surface area contributed by atoms with Crippen molar-refractivity contribution in [3.8, 4) is 0 Å². The highest BCUT2D eigenvalue weighted by atomic mass is 127. The molecule has 0 saturated heterocycles. The molecular weight excluding hydrogens is 421 g/mol. The number of nitrogens with zero attached hydrogens (tertiary/aromatic N) is 1. The average Bonchev–Trinajstić information content (AvgIpc) is 2.99. The van der Waals surface area contributed by atoms with Crippen LogP contribution in [0.25, 0.3) is 11.0 Å². The van der Waals surface area contributed by atoms with Crippen molar-refractivity contribution in [2.75, 3.05) is 40.5 Å². The van der Waals surface area contributed by atoms with Gasteiger partial charge in [0.1, 0.15) is 11.3 Å². The van der Waals surface area contributed by atoms with Crippen LogP contribution in [0.2, 0.25) is 0 Å². The predicted molar refractivity (Wildman–Crippen MR) is 107 cm³/mol. The number of hydrogen-bond donors (Lipinski definition) is 2. The van der Waals surface area contributed by atoms with E-state index >= 15 is 0 Å². The molecule has 0 aliphatic heterocycles. The topological polar surface area (TPSA) is 68.0 Å². The van der Waals surface area contributed by atoms with E-state index in [2.05, 4.69) is 15.6 Å². The van der Waals surface area contributed by atoms with Gasteiger partial charge in [-0.1, -0.05) is 18.2 Å². The molecule has 0 bridgehead atoms. The maximum atomic E-state index is 5.77. The van der Waals surface area contributed by atoms with Crippen LogP contribution in [0.1, 0.15) is 12.2 Å². The molecule has 1 aromatic carbocycles. The largest absolute Gasteiger partial charge is 0.459 e. The molecule has 0 saturated carbocycles. The fourth-order valence-corrected chi connectivity index (χ4v) is 2.14. The molecule has 0 amide bonds. The maximum absolute atomic E-state index is 5.77. The van der Waals surface area contributed by atoms with Crippen molar-refractivity contribution < 1.29 is 13.9 Å². The number of furan rings is 1. The highest BCUT2D eigenvalue weighted by Gasteiger charge is 2.04. The first-order valence-corrected chi connectivity index (χ1v) is 7.82. The summed E-state index contributed by atoms with van der Waals surface area (Å²) >= 11 is 0. The van der Waals surface area contributed by atoms with Gasteiger partial charge in [-0.3, -0.25) is 4.99 Å². The predicted octanol–water partition coefficient (Wildman–Crippen LogP) is 2.77. The van der Waals surface area contributed by atoms with Crippen LogP contribution in [-0.2, 0) is 16.0 Å². The lowest BCUT2D eigenvalue weighted by Gasteiger charge is -2.11. The Hall–Kier alpha value is -1.32. The molecule has 7 heteroatoms. The molecule has 0 radical (unpaired) electrons. The second-order valence-corrected chi connectivity index (χ2v) is 5.06. The molecule has 0 aliphatic carbocycles. The van der Waals surface area contributed by atoms with E-state index in [-0.39, 0.29) is 24.0 Å². The summed E-state index contributed by atoms with van der Waals surface area (Å²) in [5.74, 6) is 1.64. The Morgan fingerprint density at radius 3 is 2.75 bits per heavy atom. The Labute approximate surface area is 160 Å². The lowest BCUT2D eigenvalue weighted by molar-refractivity contribution is 0.0698. The second kappa shape index (κ2) is 12.1. The van der Waals surface area contributed by atoms with E-state index in [1.165, 1.54) is 0 Å². The van der Waals surface area contributed by atoms with E-state index in [9.17, 15) is 0 Å². The van der Waals surface area contributed by atoms with Gasteiger partial charge in [-0.25, -0.2) is 0 Å². The van der Waals surface area contributed by atoms with Crippen molar-refractivity contribution in [1.82, 2.24) is 10.6 Å². The van der Waals surface area contributed by atoms with E-state index in [1.807, 2.05) is 30.3 Å². The van der Waals surface area contributed by atoms with E-state index in [1.54, 1.807) is 14.2 Å². The molecule has 2 N–H and O–H groups in total. The molecule has 134 valence electrons. The van der Waals surface area contributed by atoms with Crippen molar-refractivity contribution in [3.63, 3.8) is 0 Å². The minimum Gasteiger partial charge on any atom is -0.459 e. The Kier molecular flexibility index (Phi) is 10.4. The smallest absolute Gasteiger partial charge is 0.191 e. The minimum atomic E-state index is 0. The molecule has 1 heterocycles. The zero-order valence-corrected chi connectivity index (χ0v) is 16.5. The van der Waals surface area contributed by atoms with Crippen LogP contribution in [0.3, 0.4) is 0 Å². The number of ether oxygens (including phenoxy) is 2. The number of rotatable bonds is 9. The molecule has 2 aromatic rings. The van der Waals surface area contributed by atoms with Gasteiger partial charge in [0.05, 0.1) is 19.8 Å². The third-order valence-corrected chi connectivity index (χ3v) is 3.32. The number of nitrogens with one attached hydrogen (secondary N) is 2. The summed E-state index contributed by atoms with van der Waals surface area (Å²) in [5.41, 5.74) is 0.903. The summed E-state index contributed by atoms with van der Waals surface area (Å²) in [5, 5.41) is 7.60. The molecule has 0 spiro atoms. The van der Waals surface area contributed by atoms with Crippen LogP contribution < -0.4 is 10.6 Å². The van der Waals surface area contributed by atoms with Gasteiger partial charge < -0.3 is 24.5 Å². The Balaban J connectivity index is 0.00000288. The average molecular weight is 447 g/mol. The fourth-order valence-electron chi connectivity index (χ4n) is 2.14. The molecular formula is C17H26IN3O3. The first kappa shape index (κ1) is 20.7. The number of methoxy groups -OCH3 is 1. The van der Waals surface area contributed by atoms with Crippen LogP contribution in [0.5, 0.6) is 0 Å². The minimum absolute atomic E-state index is 0. The third kappa shape index (κ3) is 7.06. The van der Waals surface area contributed by atoms with Crippen molar-refractivity contribution in [1.29, 1.82) is 0 Å². The van der Waals surface area contributed by atoms with Crippen LogP contribution in [-0.4, -0.2) is 46.5 Å². The number of hydrogen-bond acceptors (Lipinski definition) is 4. The number of guanidine groups is 1. The van der Waals surface area contributed by atoms with Crippen LogP contribution in [0.4, 0.5) is 0 Å². The van der Waals surface area contributed by atoms with Gasteiger partial charge in [-0.2, -0.15) is 0 Å². The van der Waals surface area contributed by atoms with E-state index in [0.29, 0.717) is 26.4 Å². The third-order valence-electron chi connectivity index (χ3n) is 3.32. The van der Waals surface area contributed by atoms with Crippen LogP contribution >= 0.6 is 24.0 Å². The highest BCUT2D eigenvalue weighted by Crippen LogP contribution is 2.18. The molecule has 24 heavy (non-hydrogen) atoms. The van der Waals surface area contributed by atoms with Gasteiger partial charge in [-0.05, 0) is 18.6 Å². The Morgan fingerprint density at radius 1 is 1.17 bits per heavy atom. The summed E-state index contributed by atoms with van der Waals surface area (Å²) in [6.07, 6.45) is 0.912. The molecule has 0 aliphatic rings. The van der Waals surface area contributed by atoms with E-state index in [0.717, 1.165) is 35.7 Å². The first-order chi connectivity index (χ1) is 11.3. The standard InChI is InChI=1S/C17H25N3O3.HI/c1-18-17(19-8-5-9-22-11-10-21-2)20-13-15-12-14-6-3-4-7-16(14)23-15;/h3-4,6-7,12H,5,8-11,13H2,1-2H3,(H2,18,19,20);1H. The van der Waals surface area contributed by atoms with E-state index in [4.69, 9.17) is 13.9 Å². The fraction of sp³-hybridized carbons (Fsp3) is 0.471. The zero-order valence-electron chi connectivity index (χ0n) is 14.2. The van der Waals surface area contributed by atoms with Gasteiger partial charge in [0.25, 0.3) is 0 Å². The number of halogens is 1. The Morgan fingerprint density at radius 2 is 2.00 bits per heavy atom. The van der Waals surface area contributed by atoms with Crippen molar-refractivity contribution in [2.45, 2.75) is 13.0 Å². The summed E-state index contributed by atoms with van der Waals surface area (Å²) < 4.78 is 16.1. The number of fused-ring (bicyclic) bond motifs is 1. The molecule has 0 fully saturated rings. The summed E-state index contributed by atoms with van der Waals surface area (Å²) in [4.78, 5) is 4.20. The maximum Gasteiger partial charge on any atom is 0.191 e. The molecule has 0 unspecified atom stereocenters. The summed E-state index contributed by atoms with van der Waals surface area (Å²) in [6.45, 7) is 3.37. The number of aliphatic imine (C=N–C) groups is 1. The first-order valence-electron chi connectivity index (χ1n) is 7.82. The Bertz CT molecular complexity index is 583. The van der Waals surface area contributed by atoms with Gasteiger partial charge in [-0.15, -0.1) is 24.0 Å². The quantitative estimate of drug-likeness (QED) is 0.268. The normalized spacial score (nSPS) is 11.3. The van der Waals surface area contributed by atoms with Gasteiger partial charge in [0.2, 0.25) is 0 Å². The molecule has 2 rings (SSSR count). The van der Waals surface area contributed by atoms with Crippen molar-refractivity contribution in [2.24, 2.45) is 4.99 Å². The summed E-state index contributed by atoms with van der Waals surface area (Å²) in [7, 11) is 3.42. The number of para-hydroxylation sites is 1. The monoisotopic (exact) mass is 447 g/mol. The van der Waals surface area contributed by atoms with Crippen LogP contribution in [0.15, 0.2) is 39.7 Å². The second-order valence-electron chi connectivity index (χ2n) is 5.06. The molecule has 1 aromatic heterocycles. The van der Waals surface area contributed by atoms with Crippen molar-refractivity contribution >= 4 is 40.9 Å². The van der Waals surface area contributed by atoms with Crippen LogP contribution in [0, 0.1) is 0 Å². The lowest BCUT2D eigenvalue weighted by Crippen LogP contribution is -2.37.